The Morgan fingerprint density at radius 1 is 0.970 bits per heavy atom. The topological polar surface area (TPSA) is 143 Å². The van der Waals surface area contributed by atoms with E-state index in [-0.39, 0.29) is 17.9 Å². The fraction of sp³-hybridized carbons (Fsp3) is 0.368. The summed E-state index contributed by atoms with van der Waals surface area (Å²) in [4.78, 5) is 34.1. The van der Waals surface area contributed by atoms with Crippen LogP contribution >= 0.6 is 0 Å². The molecule has 0 bridgehead atoms. The minimum absolute atomic E-state index is 0.0482. The van der Waals surface area contributed by atoms with Crippen LogP contribution in [-0.2, 0) is 14.4 Å². The molecule has 0 saturated heterocycles. The number of anilines is 1. The number of fused-ring (bicyclic) bond motifs is 1. The first-order valence-electron chi connectivity index (χ1n) is 9.12. The molecule has 8 nitrogen and oxygen atoms in total. The standard InChI is InChI=1S/C15H17N3O.2C2HF3O2/c16-12-5-4-10(8-12)15(19)18-14-3-1-2-11-9-17-7-6-13(11)14;2*3-2(4,5)1(6)7/h1-3,6-7,9-10,12H,4-5,8,16H2,(H,18,19);2*(H,6,7)/t10-,12-;;/m1../s1. The van der Waals surface area contributed by atoms with Crippen LogP contribution in [0.1, 0.15) is 19.3 Å². The van der Waals surface area contributed by atoms with Crippen LogP contribution in [0, 0.1) is 5.92 Å². The minimum Gasteiger partial charge on any atom is -0.475 e. The molecule has 14 heteroatoms. The summed E-state index contributed by atoms with van der Waals surface area (Å²) in [6.45, 7) is 0. The highest BCUT2D eigenvalue weighted by Crippen LogP contribution is 2.27. The zero-order valence-corrected chi connectivity index (χ0v) is 16.7. The molecule has 0 radical (unpaired) electrons. The third-order valence-electron chi connectivity index (χ3n) is 4.27. The summed E-state index contributed by atoms with van der Waals surface area (Å²) in [7, 11) is 0. The fourth-order valence-electron chi connectivity index (χ4n) is 2.72. The Balaban J connectivity index is 0.000000324. The van der Waals surface area contributed by atoms with Gasteiger partial charge in [-0.2, -0.15) is 26.3 Å². The van der Waals surface area contributed by atoms with Crippen molar-refractivity contribution in [1.82, 2.24) is 4.98 Å². The quantitative estimate of drug-likeness (QED) is 0.479. The van der Waals surface area contributed by atoms with Gasteiger partial charge in [-0.05, 0) is 31.4 Å². The van der Waals surface area contributed by atoms with E-state index in [0.717, 1.165) is 35.7 Å². The predicted octanol–water partition coefficient (Wildman–Crippen LogP) is 3.57. The lowest BCUT2D eigenvalue weighted by Gasteiger charge is -2.12. The van der Waals surface area contributed by atoms with Gasteiger partial charge in [0.25, 0.3) is 0 Å². The van der Waals surface area contributed by atoms with Gasteiger partial charge in [0.05, 0.1) is 0 Å². The zero-order chi connectivity index (χ0) is 25.4. The van der Waals surface area contributed by atoms with Crippen LogP contribution in [0.25, 0.3) is 10.8 Å². The van der Waals surface area contributed by atoms with Crippen molar-refractivity contribution < 1.29 is 50.9 Å². The van der Waals surface area contributed by atoms with Gasteiger partial charge in [-0.3, -0.25) is 9.78 Å². The summed E-state index contributed by atoms with van der Waals surface area (Å²) >= 11 is 0. The lowest BCUT2D eigenvalue weighted by Crippen LogP contribution is -2.23. The molecule has 0 aliphatic heterocycles. The number of nitrogens with two attached hydrogens (primary N) is 1. The van der Waals surface area contributed by atoms with Crippen LogP contribution < -0.4 is 11.1 Å². The largest absolute Gasteiger partial charge is 0.490 e. The van der Waals surface area contributed by atoms with E-state index in [1.165, 1.54) is 0 Å². The molecule has 2 atom stereocenters. The van der Waals surface area contributed by atoms with Crippen molar-refractivity contribution in [2.45, 2.75) is 37.7 Å². The predicted molar refractivity (Wildman–Crippen MR) is 103 cm³/mol. The maximum absolute atomic E-state index is 12.2. The molecular formula is C19H19F6N3O5. The molecular weight excluding hydrogens is 464 g/mol. The molecule has 1 aromatic heterocycles. The second-order valence-corrected chi connectivity index (χ2v) is 6.77. The number of rotatable bonds is 2. The number of aromatic nitrogens is 1. The summed E-state index contributed by atoms with van der Waals surface area (Å²) in [5.74, 6) is -5.38. The van der Waals surface area contributed by atoms with Gasteiger partial charge >= 0.3 is 24.3 Å². The van der Waals surface area contributed by atoms with Gasteiger partial charge in [0.2, 0.25) is 5.91 Å². The van der Waals surface area contributed by atoms with Crippen LogP contribution in [0.2, 0.25) is 0 Å². The molecule has 182 valence electrons. The van der Waals surface area contributed by atoms with E-state index in [4.69, 9.17) is 25.5 Å². The van der Waals surface area contributed by atoms with Crippen LogP contribution in [0.4, 0.5) is 32.0 Å². The summed E-state index contributed by atoms with van der Waals surface area (Å²) in [6, 6.07) is 7.94. The van der Waals surface area contributed by atoms with Gasteiger partial charge in [0, 0.05) is 40.8 Å². The third-order valence-corrected chi connectivity index (χ3v) is 4.27. The number of nitrogens with one attached hydrogen (secondary N) is 1. The maximum Gasteiger partial charge on any atom is 0.490 e. The number of carbonyl (C=O) groups is 3. The van der Waals surface area contributed by atoms with Gasteiger partial charge in [-0.15, -0.1) is 0 Å². The number of alkyl halides is 6. The van der Waals surface area contributed by atoms with Crippen molar-refractivity contribution in [2.75, 3.05) is 5.32 Å². The Bertz CT molecular complexity index is 951. The summed E-state index contributed by atoms with van der Waals surface area (Å²) in [5, 5.41) is 19.3. The first-order chi connectivity index (χ1) is 15.1. The lowest BCUT2D eigenvalue weighted by molar-refractivity contribution is -0.193. The Morgan fingerprint density at radius 2 is 1.52 bits per heavy atom. The summed E-state index contributed by atoms with van der Waals surface area (Å²) in [5.41, 5.74) is 6.71. The van der Waals surface area contributed by atoms with E-state index in [1.54, 1.807) is 12.4 Å². The van der Waals surface area contributed by atoms with Crippen LogP contribution in [0.15, 0.2) is 36.7 Å². The number of halogens is 6. The first-order valence-corrected chi connectivity index (χ1v) is 9.12. The number of benzene rings is 1. The van der Waals surface area contributed by atoms with Crippen LogP contribution in [-0.4, -0.2) is 51.4 Å². The molecule has 1 aliphatic carbocycles. The average Bonchev–Trinajstić information content (AvgIpc) is 3.14. The van der Waals surface area contributed by atoms with Crippen LogP contribution in [0.3, 0.4) is 0 Å². The molecule has 1 amide bonds. The number of carboxylic acid groups (broad SMARTS) is 2. The molecule has 0 spiro atoms. The molecule has 3 rings (SSSR count). The Kier molecular flexibility index (Phi) is 9.58. The molecule has 2 aromatic rings. The maximum atomic E-state index is 12.2. The zero-order valence-electron chi connectivity index (χ0n) is 16.7. The van der Waals surface area contributed by atoms with E-state index in [2.05, 4.69) is 10.3 Å². The molecule has 1 saturated carbocycles. The van der Waals surface area contributed by atoms with Gasteiger partial charge in [0.1, 0.15) is 0 Å². The van der Waals surface area contributed by atoms with Crippen LogP contribution in [0.5, 0.6) is 0 Å². The average molecular weight is 483 g/mol. The number of carbonyl (C=O) groups excluding carboxylic acids is 1. The molecule has 1 fully saturated rings. The Morgan fingerprint density at radius 3 is 1.97 bits per heavy atom. The smallest absolute Gasteiger partial charge is 0.475 e. The van der Waals surface area contributed by atoms with Crippen molar-refractivity contribution in [3.63, 3.8) is 0 Å². The molecule has 1 heterocycles. The monoisotopic (exact) mass is 483 g/mol. The molecule has 33 heavy (non-hydrogen) atoms. The number of nitrogens with zero attached hydrogens (tertiary/aromatic N) is 1. The number of aliphatic carboxylic acids is 2. The van der Waals surface area contributed by atoms with Crippen molar-refractivity contribution in [1.29, 1.82) is 0 Å². The highest BCUT2D eigenvalue weighted by Gasteiger charge is 2.38. The highest BCUT2D eigenvalue weighted by atomic mass is 19.4. The Labute approximate surface area is 182 Å². The molecule has 1 aliphatic rings. The Hall–Kier alpha value is -3.42. The second kappa shape index (κ2) is 11.4. The van der Waals surface area contributed by atoms with Gasteiger partial charge in [-0.25, -0.2) is 9.59 Å². The van der Waals surface area contributed by atoms with Gasteiger partial charge in [-0.1, -0.05) is 12.1 Å². The normalized spacial score (nSPS) is 17.8. The number of carboxylic acids is 2. The minimum atomic E-state index is -5.08. The van der Waals surface area contributed by atoms with Crippen molar-refractivity contribution in [2.24, 2.45) is 11.7 Å². The van der Waals surface area contributed by atoms with E-state index >= 15 is 0 Å². The SMILES string of the molecule is N[C@@H]1CC[C@@H](C(=O)Nc2cccc3cnccc23)C1.O=C(O)C(F)(F)F.O=C(O)C(F)(F)F. The molecule has 0 unspecified atom stereocenters. The summed E-state index contributed by atoms with van der Waals surface area (Å²) < 4.78 is 63.5. The highest BCUT2D eigenvalue weighted by molar-refractivity contribution is 6.02. The van der Waals surface area contributed by atoms with E-state index < -0.39 is 24.3 Å². The van der Waals surface area contributed by atoms with E-state index in [1.807, 2.05) is 24.3 Å². The summed E-state index contributed by atoms with van der Waals surface area (Å²) in [6.07, 6.45) is -4.00. The number of hydrogen-bond acceptors (Lipinski definition) is 5. The van der Waals surface area contributed by atoms with Gasteiger partial charge in [0.15, 0.2) is 0 Å². The fourth-order valence-corrected chi connectivity index (χ4v) is 2.72. The first kappa shape index (κ1) is 27.6. The lowest BCUT2D eigenvalue weighted by atomic mass is 10.1. The van der Waals surface area contributed by atoms with E-state index in [9.17, 15) is 31.1 Å². The second-order valence-electron chi connectivity index (χ2n) is 6.77. The number of hydrogen-bond donors (Lipinski definition) is 4. The van der Waals surface area contributed by atoms with Crippen molar-refractivity contribution >= 4 is 34.3 Å². The number of amides is 1. The van der Waals surface area contributed by atoms with Crippen molar-refractivity contribution in [3.8, 4) is 0 Å². The van der Waals surface area contributed by atoms with Crippen molar-refractivity contribution in [3.05, 3.63) is 36.7 Å². The molecule has 1 aromatic carbocycles. The third kappa shape index (κ3) is 9.31. The van der Waals surface area contributed by atoms with E-state index in [0.29, 0.717) is 0 Å². The molecule has 5 N–H and O–H groups in total. The van der Waals surface area contributed by atoms with Gasteiger partial charge < -0.3 is 21.3 Å². The number of pyridine rings is 1.